The third-order valence-electron chi connectivity index (χ3n) is 10.4. The molecule has 0 radical (unpaired) electrons. The van der Waals surface area contributed by atoms with Crippen LogP contribution < -0.4 is 27.2 Å². The number of halogens is 20. The molecule has 0 aliphatic carbocycles. The number of unbranched alkanes of at least 4 members (excludes halogenated alkanes) is 9. The lowest BCUT2D eigenvalue weighted by atomic mass is 9.12. The topological polar surface area (TPSA) is 16.6 Å². The first kappa shape index (κ1) is 51.4. The van der Waals surface area contributed by atoms with Crippen molar-refractivity contribution in [3.05, 3.63) is 147 Å². The number of rotatable bonds is 16. The molecule has 5 rings (SSSR count). The molecule has 64 heavy (non-hydrogen) atoms. The van der Waals surface area contributed by atoms with Gasteiger partial charge in [0.15, 0.2) is 69.8 Å². The summed E-state index contributed by atoms with van der Waals surface area (Å²) in [7, 11) is 0. The Bertz CT molecular complexity index is 2100. The molecule has 2 N–H and O–H groups in total. The summed E-state index contributed by atoms with van der Waals surface area (Å²) in [5, 5.41) is 2.37. The van der Waals surface area contributed by atoms with Gasteiger partial charge in [-0.05, 0) is 25.0 Å². The van der Waals surface area contributed by atoms with Gasteiger partial charge >= 0.3 is 0 Å². The molecule has 5 aromatic carbocycles. The van der Waals surface area contributed by atoms with Crippen molar-refractivity contribution in [3.8, 4) is 0 Å². The van der Waals surface area contributed by atoms with E-state index in [2.05, 4.69) is 42.6 Å². The molecule has 0 amide bonds. The molecule has 0 atom stereocenters. The van der Waals surface area contributed by atoms with Crippen molar-refractivity contribution in [1.82, 2.24) is 0 Å². The van der Waals surface area contributed by atoms with Crippen LogP contribution in [0.3, 0.4) is 0 Å². The molecule has 5 aromatic rings. The molecule has 0 spiro atoms. The lowest BCUT2D eigenvalue weighted by molar-refractivity contribution is -0.572. The molecule has 1 nitrogen and oxygen atoms in total. The minimum Gasteiger partial charge on any atom is -0.314 e. The molecule has 0 saturated carbocycles. The second kappa shape index (κ2) is 21.6. The number of para-hydroxylation sites is 1. The van der Waals surface area contributed by atoms with Crippen LogP contribution in [0.1, 0.15) is 71.1 Å². The van der Waals surface area contributed by atoms with E-state index >= 15 is 35.1 Å². The Morgan fingerprint density at radius 1 is 0.297 bits per heavy atom. The zero-order valence-corrected chi connectivity index (χ0v) is 32.9. The SMILES string of the molecule is CCCCCCCCCCCC[NH2+]c1ccccc1.Fc1c(F)c(F)c([B-](c2c(F)c(F)c(F)c(F)c2F)(c2c(F)c(F)c(F)c(F)c2F)c2c(F)c(F)c(F)c(F)c2F)c(F)c1F. The maximum atomic E-state index is 15.4. The second-order valence-electron chi connectivity index (χ2n) is 14.4. The van der Waals surface area contributed by atoms with Gasteiger partial charge in [-0.3, -0.25) is 0 Å². The summed E-state index contributed by atoms with van der Waals surface area (Å²) in [6.45, 7) is 3.52. The Labute approximate surface area is 351 Å². The number of hydrogen-bond acceptors (Lipinski definition) is 0. The maximum absolute atomic E-state index is 15.4. The molecule has 0 unspecified atom stereocenters. The number of benzene rings is 5. The molecule has 0 aliphatic heterocycles. The Kier molecular flexibility index (Phi) is 17.3. The van der Waals surface area contributed by atoms with Gasteiger partial charge in [-0.2, -0.15) is 0 Å². The van der Waals surface area contributed by atoms with Gasteiger partial charge in [-0.1, -0.05) is 76.5 Å². The van der Waals surface area contributed by atoms with Crippen LogP contribution in [0.15, 0.2) is 30.3 Å². The van der Waals surface area contributed by atoms with Crippen molar-refractivity contribution < 1.29 is 93.1 Å². The van der Waals surface area contributed by atoms with Gasteiger partial charge in [0, 0.05) is 0 Å². The van der Waals surface area contributed by atoms with E-state index in [4.69, 9.17) is 0 Å². The molecule has 0 aromatic heterocycles. The highest BCUT2D eigenvalue weighted by molar-refractivity contribution is 7.20. The number of nitrogens with two attached hydrogens (primary N) is 1. The van der Waals surface area contributed by atoms with E-state index in [-0.39, 0.29) is 0 Å². The molecule has 22 heteroatoms. The van der Waals surface area contributed by atoms with E-state index in [1.54, 1.807) is 0 Å². The quantitative estimate of drug-likeness (QED) is 0.0254. The third kappa shape index (κ3) is 9.56. The summed E-state index contributed by atoms with van der Waals surface area (Å²) in [4.78, 5) is 0. The fourth-order valence-electron chi connectivity index (χ4n) is 7.36. The average molecular weight is 941 g/mol. The van der Waals surface area contributed by atoms with Crippen LogP contribution in [-0.2, 0) is 0 Å². The van der Waals surface area contributed by atoms with E-state index in [0.29, 0.717) is 0 Å². The molecule has 0 saturated heterocycles. The summed E-state index contributed by atoms with van der Waals surface area (Å²) in [5.74, 6) is -71.4. The van der Waals surface area contributed by atoms with Crippen LogP contribution in [0.25, 0.3) is 0 Å². The highest BCUT2D eigenvalue weighted by Crippen LogP contribution is 2.31. The Hall–Kier alpha value is -5.28. The van der Waals surface area contributed by atoms with E-state index in [9.17, 15) is 52.7 Å². The predicted octanol–water partition coefficient (Wildman–Crippen LogP) is 10.6. The monoisotopic (exact) mass is 941 g/mol. The summed E-state index contributed by atoms with van der Waals surface area (Å²) in [6.07, 6.45) is 7.00. The minimum atomic E-state index is -7.22. The van der Waals surface area contributed by atoms with Gasteiger partial charge in [0.1, 0.15) is 58.4 Å². The smallest absolute Gasteiger partial charge is 0.200 e. The largest absolute Gasteiger partial charge is 0.314 e. The molecule has 0 aliphatic rings. The zero-order chi connectivity index (χ0) is 48.0. The predicted molar refractivity (Wildman–Crippen MR) is 194 cm³/mol. The molecule has 348 valence electrons. The average Bonchev–Trinajstić information content (AvgIpc) is 3.28. The standard InChI is InChI=1S/C24BF20.C18H31N/c26-5-1(6(27)14(35)21(42)13(5)34)25(2-7(28)15(36)22(43)16(37)8(2)29,3-9(30)17(38)23(44)18(39)10(3)31)4-11(32)19(40)24(45)20(41)12(4)33;1-2-3-4-5-6-7-8-9-10-14-17-19-18-15-12-11-13-16-18/h;11-13,15-16,19H,2-10,14,17H2,1H3/q-1;/p+1. The molecular weight excluding hydrogens is 909 g/mol. The van der Waals surface area contributed by atoms with Crippen LogP contribution >= 0.6 is 0 Å². The molecule has 0 bridgehead atoms. The third-order valence-corrected chi connectivity index (χ3v) is 10.4. The first-order valence-electron chi connectivity index (χ1n) is 19.2. The minimum absolute atomic E-state index is 1.24. The first-order valence-corrected chi connectivity index (χ1v) is 19.2. The highest BCUT2D eigenvalue weighted by atomic mass is 19.2. The van der Waals surface area contributed by atoms with Gasteiger partial charge in [-0.15, -0.1) is 21.9 Å². The summed E-state index contributed by atoms with van der Waals surface area (Å²) < 4.78 is 294. The maximum Gasteiger partial charge on any atom is 0.200 e. The van der Waals surface area contributed by atoms with E-state index in [1.807, 2.05) is 0 Å². The van der Waals surface area contributed by atoms with Crippen LogP contribution in [-0.4, -0.2) is 12.7 Å². The molecular formula is C42H32BF20N. The lowest BCUT2D eigenvalue weighted by Crippen LogP contribution is -2.81. The normalized spacial score (nSPS) is 11.6. The molecule has 0 fully saturated rings. The highest BCUT2D eigenvalue weighted by Gasteiger charge is 2.52. The Morgan fingerprint density at radius 2 is 0.516 bits per heavy atom. The van der Waals surface area contributed by atoms with Crippen molar-refractivity contribution in [2.75, 3.05) is 6.54 Å². The Morgan fingerprint density at radius 3 is 0.766 bits per heavy atom. The van der Waals surface area contributed by atoms with Crippen molar-refractivity contribution in [2.45, 2.75) is 71.1 Å². The van der Waals surface area contributed by atoms with Crippen LogP contribution in [0.5, 0.6) is 0 Å². The van der Waals surface area contributed by atoms with Gasteiger partial charge in [0.05, 0.1) is 6.54 Å². The first-order chi connectivity index (χ1) is 30.1. The fraction of sp³-hybridized carbons (Fsp3) is 0.286. The Balaban J connectivity index is 0.000000395. The number of hydrogen-bond donors (Lipinski definition) is 1. The molecule has 0 heterocycles. The van der Waals surface area contributed by atoms with E-state index in [1.165, 1.54) is 76.4 Å². The van der Waals surface area contributed by atoms with E-state index in [0.717, 1.165) is 0 Å². The van der Waals surface area contributed by atoms with Crippen molar-refractivity contribution in [3.63, 3.8) is 0 Å². The van der Waals surface area contributed by atoms with Gasteiger partial charge in [0.25, 0.3) is 0 Å². The fourth-order valence-corrected chi connectivity index (χ4v) is 7.36. The van der Waals surface area contributed by atoms with E-state index < -0.39 is 144 Å². The van der Waals surface area contributed by atoms with Crippen LogP contribution in [0.4, 0.5) is 93.5 Å². The van der Waals surface area contributed by atoms with Crippen LogP contribution in [0, 0.1) is 116 Å². The van der Waals surface area contributed by atoms with Gasteiger partial charge < -0.3 is 5.32 Å². The zero-order valence-electron chi connectivity index (χ0n) is 32.9. The summed E-state index contributed by atoms with van der Waals surface area (Å²) in [5.41, 5.74) is -13.0. The van der Waals surface area contributed by atoms with Crippen LogP contribution in [0.2, 0.25) is 0 Å². The second-order valence-corrected chi connectivity index (χ2v) is 14.4. The lowest BCUT2D eigenvalue weighted by Gasteiger charge is -2.44. The van der Waals surface area contributed by atoms with Gasteiger partial charge in [-0.25, -0.2) is 87.8 Å². The summed E-state index contributed by atoms with van der Waals surface area (Å²) >= 11 is 0. The van der Waals surface area contributed by atoms with Gasteiger partial charge in [0.2, 0.25) is 0 Å². The van der Waals surface area contributed by atoms with Crippen molar-refractivity contribution >= 4 is 33.7 Å². The summed E-state index contributed by atoms with van der Waals surface area (Å²) in [6, 6.07) is 10.7. The van der Waals surface area contributed by atoms with Crippen molar-refractivity contribution in [2.24, 2.45) is 0 Å². The van der Waals surface area contributed by atoms with Crippen molar-refractivity contribution in [1.29, 1.82) is 0 Å². The number of quaternary nitrogens is 1.